The molecule has 1 unspecified atom stereocenters. The van der Waals surface area contributed by atoms with Crippen molar-refractivity contribution in [3.8, 4) is 11.5 Å². The molecule has 0 saturated carbocycles. The Kier molecular flexibility index (Phi) is 5.67. The molecule has 0 radical (unpaired) electrons. The van der Waals surface area contributed by atoms with E-state index in [4.69, 9.17) is 18.9 Å². The van der Waals surface area contributed by atoms with Crippen LogP contribution < -0.4 is 9.47 Å². The second kappa shape index (κ2) is 7.31. The van der Waals surface area contributed by atoms with Gasteiger partial charge in [0.1, 0.15) is 0 Å². The molecule has 5 nitrogen and oxygen atoms in total. The number of hydrogen-bond acceptors (Lipinski definition) is 5. The van der Waals surface area contributed by atoms with Crippen LogP contribution in [0.1, 0.15) is 19.4 Å². The van der Waals surface area contributed by atoms with Crippen molar-refractivity contribution >= 4 is 0 Å². The summed E-state index contributed by atoms with van der Waals surface area (Å²) in [4.78, 5) is 2.40. The van der Waals surface area contributed by atoms with Gasteiger partial charge in [-0.05, 0) is 31.5 Å². The Morgan fingerprint density at radius 3 is 2.55 bits per heavy atom. The van der Waals surface area contributed by atoms with E-state index in [1.807, 2.05) is 12.1 Å². The minimum atomic E-state index is -0.169. The van der Waals surface area contributed by atoms with Gasteiger partial charge in [0.15, 0.2) is 11.5 Å². The maximum Gasteiger partial charge on any atom is 0.161 e. The summed E-state index contributed by atoms with van der Waals surface area (Å²) >= 11 is 0. The van der Waals surface area contributed by atoms with Crippen molar-refractivity contribution in [2.75, 3.05) is 41.0 Å². The molecule has 0 spiro atoms. The van der Waals surface area contributed by atoms with Crippen molar-refractivity contribution in [3.05, 3.63) is 23.8 Å². The van der Waals surface area contributed by atoms with Crippen LogP contribution >= 0.6 is 0 Å². The van der Waals surface area contributed by atoms with Crippen molar-refractivity contribution in [1.82, 2.24) is 4.90 Å². The number of nitrogens with zero attached hydrogens (tertiary/aromatic N) is 1. The fourth-order valence-corrected chi connectivity index (χ4v) is 3.05. The average molecular weight is 309 g/mol. The predicted molar refractivity (Wildman–Crippen MR) is 85.7 cm³/mol. The molecule has 1 aromatic carbocycles. The smallest absolute Gasteiger partial charge is 0.161 e. The number of hydrogen-bond donors (Lipinski definition) is 0. The van der Waals surface area contributed by atoms with Crippen molar-refractivity contribution in [1.29, 1.82) is 0 Å². The summed E-state index contributed by atoms with van der Waals surface area (Å²) in [5.41, 5.74) is 1.03. The summed E-state index contributed by atoms with van der Waals surface area (Å²) in [6.07, 6.45) is 0.105. The summed E-state index contributed by atoms with van der Waals surface area (Å²) < 4.78 is 22.0. The summed E-state index contributed by atoms with van der Waals surface area (Å²) in [5.74, 6) is 1.52. The van der Waals surface area contributed by atoms with Crippen molar-refractivity contribution in [3.63, 3.8) is 0 Å². The summed E-state index contributed by atoms with van der Waals surface area (Å²) in [7, 11) is 5.02. The minimum absolute atomic E-state index is 0.105. The molecule has 1 saturated heterocycles. The largest absolute Gasteiger partial charge is 0.493 e. The van der Waals surface area contributed by atoms with Crippen LogP contribution in [0.15, 0.2) is 18.2 Å². The zero-order valence-corrected chi connectivity index (χ0v) is 14.2. The van der Waals surface area contributed by atoms with Crippen LogP contribution in [0.2, 0.25) is 0 Å². The second-order valence-corrected chi connectivity index (χ2v) is 6.31. The Bertz CT molecular complexity index is 490. The molecule has 1 aliphatic heterocycles. The molecule has 0 N–H and O–H groups in total. The average Bonchev–Trinajstić information content (AvgIpc) is 2.45. The lowest BCUT2D eigenvalue weighted by molar-refractivity contribution is -0.154. The maximum atomic E-state index is 6.05. The van der Waals surface area contributed by atoms with E-state index in [0.717, 1.165) is 31.1 Å². The number of morpholine rings is 1. The fourth-order valence-electron chi connectivity index (χ4n) is 3.05. The first kappa shape index (κ1) is 17.1. The van der Waals surface area contributed by atoms with Gasteiger partial charge in [0.2, 0.25) is 0 Å². The van der Waals surface area contributed by atoms with Gasteiger partial charge in [0.25, 0.3) is 0 Å². The van der Waals surface area contributed by atoms with Crippen molar-refractivity contribution < 1.29 is 18.9 Å². The topological polar surface area (TPSA) is 40.2 Å². The van der Waals surface area contributed by atoms with E-state index in [1.165, 1.54) is 5.56 Å². The number of ether oxygens (including phenoxy) is 4. The second-order valence-electron chi connectivity index (χ2n) is 6.31. The van der Waals surface area contributed by atoms with Gasteiger partial charge in [0.05, 0.1) is 32.5 Å². The minimum Gasteiger partial charge on any atom is -0.493 e. The zero-order valence-electron chi connectivity index (χ0n) is 14.2. The molecule has 124 valence electrons. The Labute approximate surface area is 133 Å². The highest BCUT2D eigenvalue weighted by atomic mass is 16.5. The molecule has 0 amide bonds. The Hall–Kier alpha value is -1.30. The van der Waals surface area contributed by atoms with Crippen LogP contribution in [-0.2, 0) is 16.0 Å². The third-order valence-corrected chi connectivity index (χ3v) is 3.76. The molecule has 1 atom stereocenters. The first-order chi connectivity index (χ1) is 10.5. The Morgan fingerprint density at radius 2 is 1.91 bits per heavy atom. The molecule has 1 fully saturated rings. The van der Waals surface area contributed by atoms with Gasteiger partial charge in [-0.25, -0.2) is 0 Å². The predicted octanol–water partition coefficient (Wildman–Crippen LogP) is 2.33. The maximum absolute atomic E-state index is 6.05. The standard InChI is InChI=1S/C17H27NO4/c1-17(2)12-18(10-14(22-17)11-19-3)9-13-6-7-15(20-4)16(8-13)21-5/h6-8,14H,9-12H2,1-5H3. The fraction of sp³-hybridized carbons (Fsp3) is 0.647. The number of benzene rings is 1. The van der Waals surface area contributed by atoms with E-state index < -0.39 is 0 Å². The van der Waals surface area contributed by atoms with Crippen LogP contribution in [0.3, 0.4) is 0 Å². The first-order valence-electron chi connectivity index (χ1n) is 7.57. The van der Waals surface area contributed by atoms with Gasteiger partial charge >= 0.3 is 0 Å². The summed E-state index contributed by atoms with van der Waals surface area (Å²) in [6.45, 7) is 7.47. The van der Waals surface area contributed by atoms with E-state index >= 15 is 0 Å². The molecular weight excluding hydrogens is 282 g/mol. The van der Waals surface area contributed by atoms with E-state index in [1.54, 1.807) is 21.3 Å². The van der Waals surface area contributed by atoms with Crippen molar-refractivity contribution in [2.24, 2.45) is 0 Å². The lowest BCUT2D eigenvalue weighted by Gasteiger charge is -2.42. The summed E-state index contributed by atoms with van der Waals surface area (Å²) in [5, 5.41) is 0. The Balaban J connectivity index is 2.08. The zero-order chi connectivity index (χ0) is 16.2. The van der Waals surface area contributed by atoms with Gasteiger partial charge in [-0.15, -0.1) is 0 Å². The molecule has 0 aromatic heterocycles. The first-order valence-corrected chi connectivity index (χ1v) is 7.57. The van der Waals surface area contributed by atoms with Crippen LogP contribution in [0.5, 0.6) is 11.5 Å². The molecule has 1 aliphatic rings. The van der Waals surface area contributed by atoms with E-state index in [-0.39, 0.29) is 11.7 Å². The van der Waals surface area contributed by atoms with E-state index in [0.29, 0.717) is 6.61 Å². The number of rotatable bonds is 6. The normalized spacial score (nSPS) is 21.6. The van der Waals surface area contributed by atoms with Gasteiger partial charge in [-0.3, -0.25) is 4.90 Å². The highest BCUT2D eigenvalue weighted by Gasteiger charge is 2.33. The Morgan fingerprint density at radius 1 is 1.18 bits per heavy atom. The molecule has 0 bridgehead atoms. The van der Waals surface area contributed by atoms with Crippen LogP contribution in [0.4, 0.5) is 0 Å². The van der Waals surface area contributed by atoms with Crippen LogP contribution in [0, 0.1) is 0 Å². The third-order valence-electron chi connectivity index (χ3n) is 3.76. The van der Waals surface area contributed by atoms with E-state index in [2.05, 4.69) is 24.8 Å². The lowest BCUT2D eigenvalue weighted by Crippen LogP contribution is -2.53. The van der Waals surface area contributed by atoms with Crippen LogP contribution in [-0.4, -0.2) is 57.6 Å². The van der Waals surface area contributed by atoms with Crippen molar-refractivity contribution in [2.45, 2.75) is 32.1 Å². The quantitative estimate of drug-likeness (QED) is 0.806. The molecule has 1 aromatic rings. The van der Waals surface area contributed by atoms with Gasteiger partial charge < -0.3 is 18.9 Å². The molecule has 2 rings (SSSR count). The molecule has 22 heavy (non-hydrogen) atoms. The highest BCUT2D eigenvalue weighted by molar-refractivity contribution is 5.42. The molecule has 5 heteroatoms. The van der Waals surface area contributed by atoms with E-state index in [9.17, 15) is 0 Å². The van der Waals surface area contributed by atoms with Crippen LogP contribution in [0.25, 0.3) is 0 Å². The molecular formula is C17H27NO4. The van der Waals surface area contributed by atoms with Gasteiger partial charge in [0, 0.05) is 26.7 Å². The molecule has 0 aliphatic carbocycles. The monoisotopic (exact) mass is 309 g/mol. The molecule has 1 heterocycles. The number of methoxy groups -OCH3 is 3. The highest BCUT2D eigenvalue weighted by Crippen LogP contribution is 2.29. The lowest BCUT2D eigenvalue weighted by atomic mass is 10.0. The summed E-state index contributed by atoms with van der Waals surface area (Å²) in [6, 6.07) is 6.06. The van der Waals surface area contributed by atoms with Gasteiger partial charge in [-0.2, -0.15) is 0 Å². The van der Waals surface area contributed by atoms with Gasteiger partial charge in [-0.1, -0.05) is 6.07 Å². The third kappa shape index (κ3) is 4.35. The SMILES string of the molecule is COCC1CN(Cc2ccc(OC)c(OC)c2)CC(C)(C)O1.